The van der Waals surface area contributed by atoms with Gasteiger partial charge in [0.1, 0.15) is 39.4 Å². The lowest BCUT2D eigenvalue weighted by Crippen LogP contribution is -2.44. The van der Waals surface area contributed by atoms with Crippen LogP contribution in [-0.4, -0.2) is 255 Å². The highest BCUT2D eigenvalue weighted by Crippen LogP contribution is 2.35. The number of hydrogen-bond acceptors (Lipinski definition) is 29. The topological polar surface area (TPSA) is 448 Å². The first kappa shape index (κ1) is 102. The fourth-order valence-electron chi connectivity index (χ4n) is 17.1. The second kappa shape index (κ2) is 45.0. The Morgan fingerprint density at radius 3 is 0.945 bits per heavy atom. The van der Waals surface area contributed by atoms with Gasteiger partial charge in [0.25, 0.3) is 47.3 Å². The number of anilines is 6. The van der Waals surface area contributed by atoms with Crippen molar-refractivity contribution in [3.63, 3.8) is 0 Å². The molecule has 8 amide bonds. The number of likely N-dealkylation sites (tertiary alicyclic amines) is 1. The number of benzene rings is 6. The number of likely N-dealkylation sites (N-methyl/N-ethyl adjacent to an activating group) is 3. The molecule has 0 atom stereocenters. The van der Waals surface area contributed by atoms with Crippen LogP contribution in [0, 0.1) is 0 Å². The van der Waals surface area contributed by atoms with Gasteiger partial charge in [0.05, 0.1) is 22.2 Å². The Labute approximate surface area is 854 Å². The average Bonchev–Trinajstić information content (AvgIpc) is 1.65. The number of rotatable bonds is 26. The monoisotopic (exact) mass is 2030 g/mol. The van der Waals surface area contributed by atoms with Crippen molar-refractivity contribution in [2.45, 2.75) is 110 Å². The Kier molecular flexibility index (Phi) is 31.5. The van der Waals surface area contributed by atoms with Crippen LogP contribution < -0.4 is 52.3 Å². The van der Waals surface area contributed by atoms with E-state index in [4.69, 9.17) is 0 Å². The highest BCUT2D eigenvalue weighted by Gasteiger charge is 2.34. The molecule has 41 heteroatoms. The molecule has 4 fully saturated rings. The average molecular weight is 2030 g/mol. The standard InChI is InChI=1S/C27H31N7O2S.C27H30N6O2S.2C25H28N8O2S/c1-27(2,20-7-5-4-6-8-20)30-24(36)26-28-21-22(31-32-25(21)37-26)29-23(35)19-11-9-18(10-12-19)17-34-15-13-33(3)14-16-34;1-27(2,20-9-5-3-6-10-20)30-24(35)26-28-21-22(31-32-25(21)36-26)29-23(34)19-13-11-18(12-14-19)17-33-15-7-4-8-16-33;1-25(2,16-8-5-4-6-9-16)29-22(35)24-27-19-20(30-31-23(19)36-24)28-21(34)17-10-7-11-18(26-17)33-14-12-32(3)13-15-33;1-25(2,17-7-5-4-6-8-17)29-22(35)24-27-19-20(30-31-23(19)36-24)28-21(34)16-9-10-26-18(15-16)33-13-11-32(3)12-14-33/h4-12H,13-17H2,1-3H3,(H,30,36)(H2,29,31,32,35);3,5-6,9-14H,4,7-8,15-17H2,1-2H3,(H,30,35)(H2,29,31,32,34);4-11H,12-15H2,1-3H3,(H,29,35)(H2,28,30,31,34);4-10,15H,11-14H2,1-3H3,(H,29,35)(H2,28,30,31,34). The second-order valence-corrected chi connectivity index (χ2v) is 42.3. The third-order valence-corrected chi connectivity index (χ3v) is 29.6. The molecule has 0 aliphatic carbocycles. The molecule has 4 aliphatic heterocycles. The summed E-state index contributed by atoms with van der Waals surface area (Å²) in [6.45, 7) is 31.1. The zero-order valence-electron chi connectivity index (χ0n) is 82.6. The molecule has 4 aliphatic rings. The summed E-state index contributed by atoms with van der Waals surface area (Å²) in [5.41, 5.74) is 7.76. The fourth-order valence-corrected chi connectivity index (χ4v) is 20.3. The summed E-state index contributed by atoms with van der Waals surface area (Å²) in [5, 5.41) is 52.9. The molecule has 10 aromatic heterocycles. The first-order valence-electron chi connectivity index (χ1n) is 48.1. The summed E-state index contributed by atoms with van der Waals surface area (Å²) >= 11 is 4.69. The van der Waals surface area contributed by atoms with Crippen LogP contribution in [-0.2, 0) is 35.2 Å². The highest BCUT2D eigenvalue weighted by atomic mass is 32.1. The molecule has 12 N–H and O–H groups in total. The van der Waals surface area contributed by atoms with E-state index in [1.165, 1.54) is 64.4 Å². The molecule has 20 rings (SSSR count). The first-order valence-corrected chi connectivity index (χ1v) is 51.3. The molecule has 750 valence electrons. The lowest BCUT2D eigenvalue weighted by molar-refractivity contribution is 0.0903. The van der Waals surface area contributed by atoms with E-state index in [-0.39, 0.29) is 57.3 Å². The van der Waals surface area contributed by atoms with Crippen LogP contribution in [0.2, 0.25) is 0 Å². The summed E-state index contributed by atoms with van der Waals surface area (Å²) in [6, 6.07) is 63.3. The van der Waals surface area contributed by atoms with Crippen LogP contribution in [0.3, 0.4) is 0 Å². The second-order valence-electron chi connectivity index (χ2n) is 38.4. The number of fused-ring (bicyclic) bond motifs is 4. The van der Waals surface area contributed by atoms with Crippen LogP contribution in [0.4, 0.5) is 34.9 Å². The van der Waals surface area contributed by atoms with Gasteiger partial charge in [0, 0.05) is 115 Å². The number of nitrogens with one attached hydrogen (secondary N) is 12. The molecule has 16 aromatic rings. The van der Waals surface area contributed by atoms with Crippen LogP contribution in [0.15, 0.2) is 206 Å². The van der Waals surface area contributed by atoms with Crippen molar-refractivity contribution in [2.75, 3.05) is 144 Å². The van der Waals surface area contributed by atoms with Crippen molar-refractivity contribution in [1.29, 1.82) is 0 Å². The van der Waals surface area contributed by atoms with E-state index in [1.54, 1.807) is 24.4 Å². The number of pyridine rings is 2. The Hall–Kier alpha value is -14.8. The van der Waals surface area contributed by atoms with Gasteiger partial charge in [-0.2, -0.15) is 20.4 Å². The van der Waals surface area contributed by atoms with Crippen molar-refractivity contribution in [1.82, 2.24) is 116 Å². The van der Waals surface area contributed by atoms with Crippen molar-refractivity contribution in [3.8, 4) is 0 Å². The number of aromatic amines is 4. The normalized spacial score (nSPS) is 14.8. The molecule has 6 aromatic carbocycles. The van der Waals surface area contributed by atoms with Crippen LogP contribution in [0.1, 0.15) is 189 Å². The molecule has 0 unspecified atom stereocenters. The number of piperidine rings is 1. The van der Waals surface area contributed by atoms with E-state index in [1.807, 2.05) is 237 Å². The Morgan fingerprint density at radius 2 is 0.607 bits per heavy atom. The quantitative estimate of drug-likeness (QED) is 0.0239. The van der Waals surface area contributed by atoms with Gasteiger partial charge in [-0.15, -0.1) is 0 Å². The van der Waals surface area contributed by atoms with Crippen molar-refractivity contribution in [2.24, 2.45) is 0 Å². The Bertz CT molecular complexity index is 7020. The zero-order valence-corrected chi connectivity index (χ0v) is 85.8. The number of piperazine rings is 3. The molecule has 37 nitrogen and oxygen atoms in total. The molecule has 145 heavy (non-hydrogen) atoms. The third-order valence-electron chi connectivity index (χ3n) is 25.8. The SMILES string of the molecule is CC(C)(NC(=O)c1nc2c(NC(=O)c3ccc(CN4CCCCC4)cc3)[nH]nc2s1)c1ccccc1.CN1CCN(Cc2ccc(C(=O)Nc3[nH]nc4sc(C(=O)NC(C)(C)c5ccccc5)nc34)cc2)CC1.CN1CCN(c2cc(C(=O)Nc3[nH]nc4sc(C(=O)NC(C)(C)c5ccccc5)nc34)ccn2)CC1.CN1CCN(c2cccc(C(=O)Nc3[nH]nc4sc(C(=O)NC(C)(C)c5ccccc5)nc34)n2)CC1. The number of hydrogen-bond donors (Lipinski definition) is 12. The van der Waals surface area contributed by atoms with Crippen molar-refractivity contribution < 1.29 is 38.4 Å². The zero-order chi connectivity index (χ0) is 102. The smallest absolute Gasteiger partial charge is 0.281 e. The van der Waals surface area contributed by atoms with Gasteiger partial charge in [-0.25, -0.2) is 29.9 Å². The van der Waals surface area contributed by atoms with Crippen molar-refractivity contribution >= 4 is 169 Å². The van der Waals surface area contributed by atoms with Crippen LogP contribution in [0.25, 0.3) is 41.4 Å². The summed E-state index contributed by atoms with van der Waals surface area (Å²) in [6.07, 6.45) is 5.46. The molecule has 0 bridgehead atoms. The van der Waals surface area contributed by atoms with Crippen LogP contribution >= 0.6 is 45.3 Å². The van der Waals surface area contributed by atoms with E-state index in [0.717, 1.165) is 150 Å². The van der Waals surface area contributed by atoms with E-state index >= 15 is 0 Å². The maximum absolute atomic E-state index is 13.0. The predicted octanol–water partition coefficient (Wildman–Crippen LogP) is 14.8. The lowest BCUT2D eigenvalue weighted by Gasteiger charge is -2.33. The van der Waals surface area contributed by atoms with E-state index in [9.17, 15) is 38.4 Å². The summed E-state index contributed by atoms with van der Waals surface area (Å²) in [4.78, 5) is 149. The van der Waals surface area contributed by atoms with Gasteiger partial charge < -0.3 is 67.0 Å². The van der Waals surface area contributed by atoms with E-state index in [2.05, 4.69) is 169 Å². The minimum atomic E-state index is -0.578. The number of carbonyl (C=O) groups is 8. The molecular weight excluding hydrogens is 1910 g/mol. The molecule has 0 spiro atoms. The summed E-state index contributed by atoms with van der Waals surface area (Å²) < 4.78 is 0. The number of H-pyrrole nitrogens is 4. The molecular formula is C104H117N29O8S4. The molecule has 0 saturated carbocycles. The van der Waals surface area contributed by atoms with Gasteiger partial charge >= 0.3 is 0 Å². The van der Waals surface area contributed by atoms with Gasteiger partial charge in [-0.1, -0.05) is 203 Å². The summed E-state index contributed by atoms with van der Waals surface area (Å²) in [5.74, 6) is 0.630. The minimum absolute atomic E-state index is 0.255. The third kappa shape index (κ3) is 25.3. The fraction of sp³-hybridized carbons (Fsp3) is 0.327. The number of carbonyl (C=O) groups excluding carboxylic acids is 8. The van der Waals surface area contributed by atoms with Crippen LogP contribution in [0.5, 0.6) is 0 Å². The minimum Gasteiger partial charge on any atom is -0.354 e. The maximum Gasteiger partial charge on any atom is 0.281 e. The number of thiazole rings is 4. The Morgan fingerprint density at radius 1 is 0.303 bits per heavy atom. The number of amides is 8. The first-order chi connectivity index (χ1) is 69.8. The van der Waals surface area contributed by atoms with Crippen molar-refractivity contribution in [3.05, 3.63) is 282 Å². The lowest BCUT2D eigenvalue weighted by atomic mass is 9.94. The largest absolute Gasteiger partial charge is 0.354 e. The highest BCUT2D eigenvalue weighted by molar-refractivity contribution is 7.21. The Balaban J connectivity index is 0.000000132. The van der Waals surface area contributed by atoms with E-state index < -0.39 is 22.2 Å². The number of nitrogens with zero attached hydrogens (tertiary/aromatic N) is 17. The molecule has 0 radical (unpaired) electrons. The number of aromatic nitrogens is 14. The summed E-state index contributed by atoms with van der Waals surface area (Å²) in [7, 11) is 6.33. The van der Waals surface area contributed by atoms with Gasteiger partial charge in [-0.3, -0.25) is 68.6 Å². The van der Waals surface area contributed by atoms with Gasteiger partial charge in [-0.05, 0) is 184 Å². The van der Waals surface area contributed by atoms with E-state index in [0.29, 0.717) is 97.1 Å². The van der Waals surface area contributed by atoms with Gasteiger partial charge in [0.2, 0.25) is 0 Å². The predicted molar refractivity (Wildman–Crippen MR) is 569 cm³/mol. The molecule has 14 heterocycles. The molecule has 4 saturated heterocycles. The van der Waals surface area contributed by atoms with Gasteiger partial charge in [0.15, 0.2) is 62.6 Å². The maximum atomic E-state index is 13.0.